The number of hydrogen-bond acceptors (Lipinski definition) is 7. The van der Waals surface area contributed by atoms with Gasteiger partial charge in [-0.3, -0.25) is 4.79 Å². The molecule has 8 nitrogen and oxygen atoms in total. The highest BCUT2D eigenvalue weighted by Crippen LogP contribution is 2.46. The van der Waals surface area contributed by atoms with Gasteiger partial charge in [-0.2, -0.15) is 5.26 Å². The molecule has 6 rings (SSSR count). The summed E-state index contributed by atoms with van der Waals surface area (Å²) in [5, 5.41) is 12.5. The molecule has 2 saturated carbocycles. The Bertz CT molecular complexity index is 1630. The average Bonchev–Trinajstić information content (AvgIpc) is 3.61. The van der Waals surface area contributed by atoms with Crippen LogP contribution in [-0.4, -0.2) is 49.4 Å². The van der Waals surface area contributed by atoms with Crippen molar-refractivity contribution in [2.45, 2.75) is 50.0 Å². The van der Waals surface area contributed by atoms with E-state index in [0.29, 0.717) is 55.8 Å². The van der Waals surface area contributed by atoms with Gasteiger partial charge in [0.1, 0.15) is 22.8 Å². The number of hydrogen-bond donors (Lipinski definition) is 1. The number of sulfone groups is 1. The maximum absolute atomic E-state index is 14.4. The Balaban J connectivity index is 1.45. The molecule has 1 N–H and O–H groups in total. The van der Waals surface area contributed by atoms with E-state index in [4.69, 9.17) is 21.0 Å². The van der Waals surface area contributed by atoms with Gasteiger partial charge in [0.25, 0.3) is 0 Å². The highest BCUT2D eigenvalue weighted by molar-refractivity contribution is 7.91. The van der Waals surface area contributed by atoms with Crippen LogP contribution in [0.5, 0.6) is 0 Å². The molecule has 214 valence electrons. The lowest BCUT2D eigenvalue weighted by molar-refractivity contribution is -0.127. The number of halogens is 2. The van der Waals surface area contributed by atoms with Crippen molar-refractivity contribution in [1.82, 2.24) is 10.3 Å². The number of amides is 1. The van der Waals surface area contributed by atoms with Gasteiger partial charge in [-0.05, 0) is 49.9 Å². The normalized spacial score (nSPS) is 23.0. The van der Waals surface area contributed by atoms with Crippen molar-refractivity contribution in [2.75, 3.05) is 29.5 Å². The number of anilines is 1. The third kappa shape index (κ3) is 5.57. The second-order valence-electron chi connectivity index (χ2n) is 11.2. The molecule has 41 heavy (non-hydrogen) atoms. The van der Waals surface area contributed by atoms with Crippen LogP contribution < -0.4 is 10.2 Å². The van der Waals surface area contributed by atoms with Crippen LogP contribution >= 0.6 is 11.6 Å². The van der Waals surface area contributed by atoms with Crippen LogP contribution in [0.15, 0.2) is 46.9 Å². The van der Waals surface area contributed by atoms with Crippen molar-refractivity contribution in [1.29, 1.82) is 5.26 Å². The van der Waals surface area contributed by atoms with Crippen molar-refractivity contribution in [3.8, 4) is 28.8 Å². The number of benzene rings is 2. The zero-order chi connectivity index (χ0) is 28.8. The van der Waals surface area contributed by atoms with Crippen LogP contribution in [0.3, 0.4) is 0 Å². The summed E-state index contributed by atoms with van der Waals surface area (Å²) in [7, 11) is -3.08. The zero-order valence-corrected chi connectivity index (χ0v) is 24.0. The Morgan fingerprint density at radius 1 is 1.15 bits per heavy atom. The molecule has 0 bridgehead atoms. The Labute approximate surface area is 243 Å². The van der Waals surface area contributed by atoms with Gasteiger partial charge in [0.05, 0.1) is 22.6 Å². The Hall–Kier alpha value is -3.42. The molecule has 1 amide bonds. The van der Waals surface area contributed by atoms with Gasteiger partial charge >= 0.3 is 0 Å². The molecule has 2 heterocycles. The topological polar surface area (TPSA) is 116 Å². The second kappa shape index (κ2) is 10.8. The van der Waals surface area contributed by atoms with E-state index in [1.165, 1.54) is 12.1 Å². The molecule has 11 heteroatoms. The molecule has 3 aliphatic rings. The number of nitrogens with one attached hydrogen (secondary N) is 1. The van der Waals surface area contributed by atoms with E-state index in [0.717, 1.165) is 24.1 Å². The summed E-state index contributed by atoms with van der Waals surface area (Å²) in [5.74, 6) is -0.603. The lowest BCUT2D eigenvalue weighted by atomic mass is 9.76. The first-order chi connectivity index (χ1) is 19.7. The van der Waals surface area contributed by atoms with E-state index < -0.39 is 27.1 Å². The zero-order valence-electron chi connectivity index (χ0n) is 22.4. The van der Waals surface area contributed by atoms with E-state index in [1.54, 1.807) is 6.07 Å². The van der Waals surface area contributed by atoms with Crippen molar-refractivity contribution < 1.29 is 22.0 Å². The molecule has 1 aliphatic heterocycles. The summed E-state index contributed by atoms with van der Waals surface area (Å²) >= 11 is 5.93. The number of nitrogens with zero attached hydrogens (tertiary/aromatic N) is 3. The maximum Gasteiger partial charge on any atom is 0.226 e. The number of carbonyl (C=O) groups is 1. The number of carbonyl (C=O) groups excluding carboxylic acids is 1. The molecule has 0 unspecified atom stereocenters. The Morgan fingerprint density at radius 2 is 1.88 bits per heavy atom. The molecule has 2 atom stereocenters. The molecular weight excluding hydrogens is 567 g/mol. The highest BCUT2D eigenvalue weighted by Gasteiger charge is 2.47. The molecule has 0 radical (unpaired) electrons. The number of oxazole rings is 1. The van der Waals surface area contributed by atoms with Crippen LogP contribution in [-0.2, 0) is 14.6 Å². The number of rotatable bonds is 6. The highest BCUT2D eigenvalue weighted by atomic mass is 35.5. The fraction of sp³-hybridized carbons (Fsp3) is 0.433. The first kappa shape index (κ1) is 27.7. The van der Waals surface area contributed by atoms with Gasteiger partial charge < -0.3 is 14.6 Å². The number of nitriles is 1. The molecule has 3 fully saturated rings. The molecule has 1 saturated heterocycles. The minimum atomic E-state index is -3.08. The standard InChI is InChI=1S/C30H30ClFN4O4S/c31-23-10-9-19(17-24(23)32)29-34-26(22-7-3-4-8-25(22)36-13-15-41(38,39)16-14-36)27(40-29)20-5-1-2-6-21(20)28(37)35-30(18-33)11-12-30/h3-4,7-10,17,20-21H,1-2,5-6,11-16H2,(H,35,37)/t20-,21-/m1/s1. The minimum absolute atomic E-state index is 0.0123. The van der Waals surface area contributed by atoms with Gasteiger partial charge in [-0.25, -0.2) is 17.8 Å². The third-order valence-electron chi connectivity index (χ3n) is 8.43. The first-order valence-electron chi connectivity index (χ1n) is 13.9. The summed E-state index contributed by atoms with van der Waals surface area (Å²) in [6, 6.07) is 14.2. The van der Waals surface area contributed by atoms with E-state index in [-0.39, 0.29) is 34.2 Å². The van der Waals surface area contributed by atoms with Gasteiger partial charge in [-0.15, -0.1) is 0 Å². The summed E-state index contributed by atoms with van der Waals surface area (Å²) in [4.78, 5) is 20.4. The lowest BCUT2D eigenvalue weighted by Crippen LogP contribution is -2.42. The van der Waals surface area contributed by atoms with E-state index in [2.05, 4.69) is 11.4 Å². The average molecular weight is 597 g/mol. The fourth-order valence-electron chi connectivity index (χ4n) is 5.91. The van der Waals surface area contributed by atoms with Crippen molar-refractivity contribution in [3.05, 3.63) is 59.1 Å². The number of para-hydroxylation sites is 1. The number of aromatic nitrogens is 1. The lowest BCUT2D eigenvalue weighted by Gasteiger charge is -2.32. The molecule has 3 aromatic rings. The fourth-order valence-corrected chi connectivity index (χ4v) is 7.23. The Morgan fingerprint density at radius 3 is 2.59 bits per heavy atom. The quantitative estimate of drug-likeness (QED) is 0.400. The summed E-state index contributed by atoms with van der Waals surface area (Å²) in [5.41, 5.74) is 1.76. The molecule has 1 aromatic heterocycles. The SMILES string of the molecule is N#CC1(NC(=O)[C@@H]2CCCC[C@H]2c2oc(-c3ccc(Cl)c(F)c3)nc2-c2ccccc2N2CCS(=O)(=O)CC2)CC1. The van der Waals surface area contributed by atoms with Crippen LogP contribution in [0.25, 0.3) is 22.7 Å². The molecule has 2 aromatic carbocycles. The molecule has 2 aliphatic carbocycles. The van der Waals surface area contributed by atoms with Crippen LogP contribution in [0, 0.1) is 23.1 Å². The van der Waals surface area contributed by atoms with E-state index in [9.17, 15) is 22.9 Å². The monoisotopic (exact) mass is 596 g/mol. The predicted molar refractivity (Wildman–Crippen MR) is 154 cm³/mol. The van der Waals surface area contributed by atoms with Crippen molar-refractivity contribution in [2.24, 2.45) is 5.92 Å². The van der Waals surface area contributed by atoms with Crippen LogP contribution in [0.4, 0.5) is 10.1 Å². The maximum atomic E-state index is 14.4. The largest absolute Gasteiger partial charge is 0.440 e. The van der Waals surface area contributed by atoms with Gasteiger partial charge in [0.15, 0.2) is 9.84 Å². The second-order valence-corrected chi connectivity index (χ2v) is 13.9. The van der Waals surface area contributed by atoms with Crippen LogP contribution in [0.1, 0.15) is 50.2 Å². The molecule has 0 spiro atoms. The summed E-state index contributed by atoms with van der Waals surface area (Å²) in [6.07, 6.45) is 4.41. The van der Waals surface area contributed by atoms with Gasteiger partial charge in [0, 0.05) is 41.7 Å². The van der Waals surface area contributed by atoms with Crippen LogP contribution in [0.2, 0.25) is 5.02 Å². The first-order valence-corrected chi connectivity index (χ1v) is 16.1. The third-order valence-corrected chi connectivity index (χ3v) is 10.3. The molecular formula is C30H30ClFN4O4S. The summed E-state index contributed by atoms with van der Waals surface area (Å²) in [6.45, 7) is 0.707. The summed E-state index contributed by atoms with van der Waals surface area (Å²) < 4.78 is 45.1. The van der Waals surface area contributed by atoms with Crippen molar-refractivity contribution >= 4 is 33.0 Å². The minimum Gasteiger partial charge on any atom is -0.440 e. The van der Waals surface area contributed by atoms with Gasteiger partial charge in [0.2, 0.25) is 11.8 Å². The smallest absolute Gasteiger partial charge is 0.226 e. The van der Waals surface area contributed by atoms with Gasteiger partial charge in [-0.1, -0.05) is 42.6 Å². The Kier molecular flexibility index (Phi) is 7.28. The van der Waals surface area contributed by atoms with Crippen molar-refractivity contribution in [3.63, 3.8) is 0 Å². The predicted octanol–water partition coefficient (Wildman–Crippen LogP) is 5.48. The van der Waals surface area contributed by atoms with E-state index in [1.807, 2.05) is 29.2 Å². The van der Waals surface area contributed by atoms with E-state index >= 15 is 0 Å².